The molecular weight excluding hydrogens is 356 g/mol. The Morgan fingerprint density at radius 1 is 1.24 bits per heavy atom. The highest BCUT2D eigenvalue weighted by Gasteiger charge is 2.23. The molecule has 0 amide bonds. The van der Waals surface area contributed by atoms with E-state index in [9.17, 15) is 0 Å². The second kappa shape index (κ2) is 6.62. The molecule has 9 heteroatoms. The first-order valence-electron chi connectivity index (χ1n) is 8.69. The molecular formula is C16H18N6OS2. The Balaban J connectivity index is 1.48. The fourth-order valence-electron chi connectivity index (χ4n) is 3.59. The van der Waals surface area contributed by atoms with Gasteiger partial charge in [-0.2, -0.15) is 0 Å². The van der Waals surface area contributed by atoms with Crippen LogP contribution in [0.1, 0.15) is 36.1 Å². The van der Waals surface area contributed by atoms with Crippen LogP contribution in [0, 0.1) is 0 Å². The number of fused-ring (bicyclic) bond motifs is 3. The third-order valence-corrected chi connectivity index (χ3v) is 6.98. The van der Waals surface area contributed by atoms with E-state index in [1.165, 1.54) is 40.4 Å². The maximum Gasteiger partial charge on any atom is 0.215 e. The third-order valence-electron chi connectivity index (χ3n) is 4.80. The lowest BCUT2D eigenvalue weighted by Gasteiger charge is -2.12. The molecule has 0 unspecified atom stereocenters. The molecule has 1 saturated heterocycles. The van der Waals surface area contributed by atoms with Crippen LogP contribution in [-0.4, -0.2) is 42.9 Å². The van der Waals surface area contributed by atoms with Gasteiger partial charge in [0.2, 0.25) is 5.16 Å². The predicted molar refractivity (Wildman–Crippen MR) is 95.0 cm³/mol. The van der Waals surface area contributed by atoms with Gasteiger partial charge in [0.05, 0.1) is 12.6 Å². The number of nitrogens with zero attached hydrogens (tertiary/aromatic N) is 6. The first kappa shape index (κ1) is 15.7. The Morgan fingerprint density at radius 3 is 3.12 bits per heavy atom. The summed E-state index contributed by atoms with van der Waals surface area (Å²) in [4.78, 5) is 11.6. The van der Waals surface area contributed by atoms with Crippen LogP contribution in [0.25, 0.3) is 10.2 Å². The van der Waals surface area contributed by atoms with Crippen LogP contribution in [0.3, 0.4) is 0 Å². The van der Waals surface area contributed by atoms with Gasteiger partial charge in [-0.1, -0.05) is 0 Å². The lowest BCUT2D eigenvalue weighted by atomic mass is 9.97. The number of hydrogen-bond donors (Lipinski definition) is 0. The second-order valence-electron chi connectivity index (χ2n) is 6.45. The quantitative estimate of drug-likeness (QED) is 0.650. The molecule has 25 heavy (non-hydrogen) atoms. The molecule has 0 radical (unpaired) electrons. The first-order valence-corrected chi connectivity index (χ1v) is 10.3. The molecule has 0 spiro atoms. The molecule has 1 atom stereocenters. The normalized spacial score (nSPS) is 20.2. The molecule has 3 aromatic rings. The van der Waals surface area contributed by atoms with Crippen molar-refractivity contribution in [3.63, 3.8) is 0 Å². The van der Waals surface area contributed by atoms with Crippen molar-refractivity contribution >= 4 is 33.3 Å². The second-order valence-corrected chi connectivity index (χ2v) is 8.49. The van der Waals surface area contributed by atoms with Crippen LogP contribution >= 0.6 is 23.1 Å². The molecule has 2 aliphatic rings. The molecule has 1 fully saturated rings. The first-order chi connectivity index (χ1) is 12.4. The Bertz CT molecular complexity index is 901. The van der Waals surface area contributed by atoms with E-state index in [2.05, 4.69) is 25.5 Å². The van der Waals surface area contributed by atoms with Crippen molar-refractivity contribution in [1.29, 1.82) is 0 Å². The van der Waals surface area contributed by atoms with Gasteiger partial charge in [0.15, 0.2) is 0 Å². The van der Waals surface area contributed by atoms with Gasteiger partial charge < -0.3 is 4.74 Å². The van der Waals surface area contributed by atoms with Crippen molar-refractivity contribution in [2.45, 2.75) is 61.4 Å². The lowest BCUT2D eigenvalue weighted by Crippen LogP contribution is -2.16. The van der Waals surface area contributed by atoms with E-state index in [4.69, 9.17) is 4.74 Å². The number of thiophene rings is 1. The highest BCUT2D eigenvalue weighted by Crippen LogP contribution is 2.40. The van der Waals surface area contributed by atoms with Crippen molar-refractivity contribution in [1.82, 2.24) is 30.2 Å². The number of ether oxygens (including phenoxy) is 1. The maximum absolute atomic E-state index is 5.71. The Morgan fingerprint density at radius 2 is 2.20 bits per heavy atom. The minimum Gasteiger partial charge on any atom is -0.376 e. The lowest BCUT2D eigenvalue weighted by molar-refractivity contribution is 0.0912. The molecule has 0 aromatic carbocycles. The summed E-state index contributed by atoms with van der Waals surface area (Å²) in [5.74, 6) is 0. The van der Waals surface area contributed by atoms with E-state index in [0.29, 0.717) is 6.54 Å². The van der Waals surface area contributed by atoms with E-state index in [1.807, 2.05) is 16.0 Å². The summed E-state index contributed by atoms with van der Waals surface area (Å²) in [6.45, 7) is 1.54. The fourth-order valence-corrected chi connectivity index (χ4v) is 5.77. The number of tetrazole rings is 1. The summed E-state index contributed by atoms with van der Waals surface area (Å²) < 4.78 is 7.55. The van der Waals surface area contributed by atoms with Crippen molar-refractivity contribution in [3.8, 4) is 0 Å². The van der Waals surface area contributed by atoms with Gasteiger partial charge in [-0.25, -0.2) is 14.6 Å². The summed E-state index contributed by atoms with van der Waals surface area (Å²) in [5, 5.41) is 15.2. The molecule has 1 aliphatic carbocycles. The van der Waals surface area contributed by atoms with Crippen LogP contribution in [0.15, 0.2) is 16.5 Å². The van der Waals surface area contributed by atoms with Gasteiger partial charge in [0, 0.05) is 16.9 Å². The monoisotopic (exact) mass is 374 g/mol. The van der Waals surface area contributed by atoms with Crippen molar-refractivity contribution in [2.24, 2.45) is 0 Å². The van der Waals surface area contributed by atoms with E-state index in [1.54, 1.807) is 6.33 Å². The molecule has 4 heterocycles. The highest BCUT2D eigenvalue weighted by atomic mass is 32.2. The number of hydrogen-bond acceptors (Lipinski definition) is 8. The van der Waals surface area contributed by atoms with Crippen LogP contribution in [0.5, 0.6) is 0 Å². The minimum absolute atomic E-state index is 0.210. The predicted octanol–water partition coefficient (Wildman–Crippen LogP) is 2.89. The fraction of sp³-hybridized carbons (Fsp3) is 0.562. The SMILES string of the molecule is c1nc(Sc2nnnn2C[C@@H]2CCCO2)c2c3c(sc2n1)CCCC3. The zero-order valence-electron chi connectivity index (χ0n) is 13.7. The van der Waals surface area contributed by atoms with Crippen LogP contribution in [0.2, 0.25) is 0 Å². The maximum atomic E-state index is 5.71. The van der Waals surface area contributed by atoms with Crippen molar-refractivity contribution in [2.75, 3.05) is 6.61 Å². The average Bonchev–Trinajstić information content (AvgIpc) is 3.36. The molecule has 0 saturated carbocycles. The van der Waals surface area contributed by atoms with Gasteiger partial charge in [0.25, 0.3) is 0 Å². The molecule has 3 aromatic heterocycles. The summed E-state index contributed by atoms with van der Waals surface area (Å²) in [6.07, 6.45) is 8.85. The zero-order chi connectivity index (χ0) is 16.6. The summed E-state index contributed by atoms with van der Waals surface area (Å²) >= 11 is 3.35. The highest BCUT2D eigenvalue weighted by molar-refractivity contribution is 7.99. The third kappa shape index (κ3) is 2.94. The molecule has 130 valence electrons. The van der Waals surface area contributed by atoms with Gasteiger partial charge >= 0.3 is 0 Å². The topological polar surface area (TPSA) is 78.6 Å². The molecule has 5 rings (SSSR count). The van der Waals surface area contributed by atoms with Crippen molar-refractivity contribution < 1.29 is 4.74 Å². The number of aromatic nitrogens is 6. The van der Waals surface area contributed by atoms with Crippen molar-refractivity contribution in [3.05, 3.63) is 16.8 Å². The number of aryl methyl sites for hydroxylation is 2. The minimum atomic E-state index is 0.210. The van der Waals surface area contributed by atoms with Gasteiger partial charge in [-0.3, -0.25) is 0 Å². The summed E-state index contributed by atoms with van der Waals surface area (Å²) in [5.41, 5.74) is 1.44. The van der Waals surface area contributed by atoms with E-state index >= 15 is 0 Å². The van der Waals surface area contributed by atoms with E-state index < -0.39 is 0 Å². The molecule has 0 N–H and O–H groups in total. The smallest absolute Gasteiger partial charge is 0.215 e. The van der Waals surface area contributed by atoms with Crippen LogP contribution in [-0.2, 0) is 24.1 Å². The molecule has 7 nitrogen and oxygen atoms in total. The van der Waals surface area contributed by atoms with E-state index in [0.717, 1.165) is 47.3 Å². The summed E-state index contributed by atoms with van der Waals surface area (Å²) in [6, 6.07) is 0. The average molecular weight is 374 g/mol. The zero-order valence-corrected chi connectivity index (χ0v) is 15.4. The van der Waals surface area contributed by atoms with Crippen LogP contribution in [0.4, 0.5) is 0 Å². The van der Waals surface area contributed by atoms with Gasteiger partial charge in [0.1, 0.15) is 16.2 Å². The van der Waals surface area contributed by atoms with Crippen LogP contribution < -0.4 is 0 Å². The molecule has 1 aliphatic heterocycles. The summed E-state index contributed by atoms with van der Waals surface area (Å²) in [7, 11) is 0. The Kier molecular flexibility index (Phi) is 4.15. The standard InChI is InChI=1S/C16H18N6OS2/c1-2-6-12-11(5-1)13-14(24-12)17-9-18-15(13)25-16-19-20-21-22(16)8-10-4-3-7-23-10/h9-10H,1-8H2/t10-/m0/s1. The Labute approximate surface area is 153 Å². The number of rotatable bonds is 4. The van der Waals surface area contributed by atoms with Gasteiger partial charge in [-0.15, -0.1) is 16.4 Å². The molecule has 0 bridgehead atoms. The Hall–Kier alpha value is -1.58. The van der Waals surface area contributed by atoms with E-state index in [-0.39, 0.29) is 6.10 Å². The van der Waals surface area contributed by atoms with Gasteiger partial charge in [-0.05, 0) is 66.3 Å². The largest absolute Gasteiger partial charge is 0.376 e.